The molecule has 6 nitrogen and oxygen atoms in total. The fourth-order valence-corrected chi connectivity index (χ4v) is 2.66. The molecule has 3 rings (SSSR count). The number of aromatic nitrogens is 2. The fourth-order valence-electron chi connectivity index (χ4n) is 2.53. The summed E-state index contributed by atoms with van der Waals surface area (Å²) < 4.78 is 5.82. The lowest BCUT2D eigenvalue weighted by atomic mass is 10.1. The molecule has 2 amide bonds. The average Bonchev–Trinajstić information content (AvgIpc) is 2.59. The molecule has 0 spiro atoms. The molecule has 2 aromatic rings. The molecule has 2 heterocycles. The van der Waals surface area contributed by atoms with Crippen molar-refractivity contribution in [3.8, 4) is 5.88 Å². The van der Waals surface area contributed by atoms with Crippen LogP contribution in [0, 0.1) is 6.92 Å². The highest BCUT2D eigenvalue weighted by molar-refractivity contribution is 6.30. The molecule has 1 aromatic carbocycles. The van der Waals surface area contributed by atoms with Gasteiger partial charge in [0.2, 0.25) is 5.88 Å². The quantitative estimate of drug-likeness (QED) is 0.923. The Bertz CT molecular complexity index is 683. The summed E-state index contributed by atoms with van der Waals surface area (Å²) in [7, 11) is 0. The minimum atomic E-state index is -0.106. The van der Waals surface area contributed by atoms with Crippen LogP contribution in [0.25, 0.3) is 0 Å². The van der Waals surface area contributed by atoms with Gasteiger partial charge in [-0.3, -0.25) is 0 Å². The number of benzene rings is 1. The van der Waals surface area contributed by atoms with Crippen molar-refractivity contribution in [1.82, 2.24) is 15.1 Å². The van der Waals surface area contributed by atoms with Gasteiger partial charge in [-0.15, -0.1) is 5.10 Å². The molecule has 0 radical (unpaired) electrons. The van der Waals surface area contributed by atoms with Crippen LogP contribution in [0.15, 0.2) is 36.4 Å². The SMILES string of the molecule is Cc1ccc(OC2CCN(C(=O)Nc3ccc(Cl)cc3)CC2)nn1. The van der Waals surface area contributed by atoms with Gasteiger partial charge in [0.05, 0.1) is 5.69 Å². The van der Waals surface area contributed by atoms with Crippen molar-refractivity contribution < 1.29 is 9.53 Å². The Morgan fingerprint density at radius 2 is 1.88 bits per heavy atom. The average molecular weight is 347 g/mol. The molecule has 0 unspecified atom stereocenters. The van der Waals surface area contributed by atoms with E-state index in [-0.39, 0.29) is 12.1 Å². The lowest BCUT2D eigenvalue weighted by Gasteiger charge is -2.31. The number of ether oxygens (including phenoxy) is 1. The highest BCUT2D eigenvalue weighted by atomic mass is 35.5. The normalized spacial score (nSPS) is 15.2. The van der Waals surface area contributed by atoms with Crippen molar-refractivity contribution in [2.24, 2.45) is 0 Å². The monoisotopic (exact) mass is 346 g/mol. The van der Waals surface area contributed by atoms with Gasteiger partial charge >= 0.3 is 6.03 Å². The number of halogens is 1. The molecular formula is C17H19ClN4O2. The fraction of sp³-hybridized carbons (Fsp3) is 0.353. The first-order valence-electron chi connectivity index (χ1n) is 7.88. The molecule has 0 saturated carbocycles. The molecule has 1 aromatic heterocycles. The van der Waals surface area contributed by atoms with Crippen LogP contribution in [0.5, 0.6) is 5.88 Å². The van der Waals surface area contributed by atoms with E-state index in [1.54, 1.807) is 29.2 Å². The number of aryl methyl sites for hydroxylation is 1. The van der Waals surface area contributed by atoms with Gasteiger partial charge in [0.25, 0.3) is 0 Å². The predicted molar refractivity (Wildman–Crippen MR) is 92.5 cm³/mol. The summed E-state index contributed by atoms with van der Waals surface area (Å²) in [5.41, 5.74) is 1.59. The number of hydrogen-bond acceptors (Lipinski definition) is 4. The maximum absolute atomic E-state index is 12.3. The smallest absolute Gasteiger partial charge is 0.321 e. The number of amides is 2. The van der Waals surface area contributed by atoms with E-state index in [9.17, 15) is 4.79 Å². The summed E-state index contributed by atoms with van der Waals surface area (Å²) in [6.07, 6.45) is 1.59. The molecular weight excluding hydrogens is 328 g/mol. The van der Waals surface area contributed by atoms with E-state index in [1.807, 2.05) is 19.1 Å². The second kappa shape index (κ2) is 7.49. The number of hydrogen-bond donors (Lipinski definition) is 1. The van der Waals surface area contributed by atoms with Crippen LogP contribution in [0.4, 0.5) is 10.5 Å². The van der Waals surface area contributed by atoms with Crippen LogP contribution in [0.2, 0.25) is 5.02 Å². The Kier molecular flexibility index (Phi) is 5.15. The van der Waals surface area contributed by atoms with E-state index < -0.39 is 0 Å². The van der Waals surface area contributed by atoms with Crippen LogP contribution < -0.4 is 10.1 Å². The summed E-state index contributed by atoms with van der Waals surface area (Å²) >= 11 is 5.84. The van der Waals surface area contributed by atoms with Crippen LogP contribution in [0.3, 0.4) is 0 Å². The number of urea groups is 1. The molecule has 1 aliphatic heterocycles. The van der Waals surface area contributed by atoms with Crippen molar-refractivity contribution in [1.29, 1.82) is 0 Å². The van der Waals surface area contributed by atoms with Gasteiger partial charge in [0, 0.05) is 42.7 Å². The van der Waals surface area contributed by atoms with Gasteiger partial charge < -0.3 is 15.0 Å². The van der Waals surface area contributed by atoms with Crippen molar-refractivity contribution in [2.75, 3.05) is 18.4 Å². The van der Waals surface area contributed by atoms with Gasteiger partial charge in [0.1, 0.15) is 6.10 Å². The number of nitrogens with zero attached hydrogens (tertiary/aromatic N) is 3. The number of piperidine rings is 1. The van der Waals surface area contributed by atoms with Gasteiger partial charge in [-0.1, -0.05) is 11.6 Å². The molecule has 1 fully saturated rings. The zero-order valence-electron chi connectivity index (χ0n) is 13.4. The largest absolute Gasteiger partial charge is 0.473 e. The molecule has 0 atom stereocenters. The van der Waals surface area contributed by atoms with E-state index in [4.69, 9.17) is 16.3 Å². The first-order valence-corrected chi connectivity index (χ1v) is 8.26. The van der Waals surface area contributed by atoms with Crippen molar-refractivity contribution in [2.45, 2.75) is 25.9 Å². The van der Waals surface area contributed by atoms with Crippen molar-refractivity contribution >= 4 is 23.3 Å². The lowest BCUT2D eigenvalue weighted by Crippen LogP contribution is -2.43. The summed E-state index contributed by atoms with van der Waals surface area (Å²) in [5.74, 6) is 0.532. The minimum absolute atomic E-state index is 0.0570. The van der Waals surface area contributed by atoms with E-state index in [0.717, 1.165) is 24.2 Å². The Morgan fingerprint density at radius 3 is 2.50 bits per heavy atom. The van der Waals surface area contributed by atoms with Gasteiger partial charge in [-0.05, 0) is 37.3 Å². The van der Waals surface area contributed by atoms with Gasteiger partial charge in [-0.2, -0.15) is 5.10 Å². The Balaban J connectivity index is 1.48. The summed E-state index contributed by atoms with van der Waals surface area (Å²) in [4.78, 5) is 14.1. The number of rotatable bonds is 3. The second-order valence-corrected chi connectivity index (χ2v) is 6.19. The zero-order chi connectivity index (χ0) is 16.9. The Labute approximate surface area is 145 Å². The number of anilines is 1. The van der Waals surface area contributed by atoms with Crippen LogP contribution in [-0.4, -0.2) is 40.3 Å². The third kappa shape index (κ3) is 4.35. The molecule has 7 heteroatoms. The standard InChI is InChI=1S/C17H19ClN4O2/c1-12-2-7-16(21-20-12)24-15-8-10-22(11-9-15)17(23)19-14-5-3-13(18)4-6-14/h2-7,15H,8-11H2,1H3,(H,19,23). The summed E-state index contributed by atoms with van der Waals surface area (Å²) in [6.45, 7) is 3.17. The van der Waals surface area contributed by atoms with E-state index in [2.05, 4.69) is 15.5 Å². The molecule has 1 aliphatic rings. The number of carbonyl (C=O) groups is 1. The summed E-state index contributed by atoms with van der Waals surface area (Å²) in [6, 6.07) is 10.7. The number of likely N-dealkylation sites (tertiary alicyclic amines) is 1. The molecule has 126 valence electrons. The second-order valence-electron chi connectivity index (χ2n) is 5.75. The van der Waals surface area contributed by atoms with E-state index in [0.29, 0.717) is 24.0 Å². The minimum Gasteiger partial charge on any atom is -0.473 e. The molecule has 24 heavy (non-hydrogen) atoms. The number of carbonyl (C=O) groups excluding carboxylic acids is 1. The molecule has 1 N–H and O–H groups in total. The van der Waals surface area contributed by atoms with Crippen LogP contribution in [0.1, 0.15) is 18.5 Å². The number of nitrogens with one attached hydrogen (secondary N) is 1. The third-order valence-corrected chi connectivity index (χ3v) is 4.14. The molecule has 0 aliphatic carbocycles. The van der Waals surface area contributed by atoms with E-state index in [1.165, 1.54) is 0 Å². The Hall–Kier alpha value is -2.34. The summed E-state index contributed by atoms with van der Waals surface area (Å²) in [5, 5.41) is 11.5. The van der Waals surface area contributed by atoms with Gasteiger partial charge in [0.15, 0.2) is 0 Å². The zero-order valence-corrected chi connectivity index (χ0v) is 14.2. The third-order valence-electron chi connectivity index (χ3n) is 3.89. The predicted octanol–water partition coefficient (Wildman–Crippen LogP) is 3.51. The topological polar surface area (TPSA) is 67.3 Å². The van der Waals surface area contributed by atoms with Gasteiger partial charge in [-0.25, -0.2) is 4.79 Å². The van der Waals surface area contributed by atoms with Crippen LogP contribution in [-0.2, 0) is 0 Å². The van der Waals surface area contributed by atoms with Crippen molar-refractivity contribution in [3.63, 3.8) is 0 Å². The van der Waals surface area contributed by atoms with Crippen LogP contribution >= 0.6 is 11.6 Å². The maximum Gasteiger partial charge on any atom is 0.321 e. The first kappa shape index (κ1) is 16.5. The molecule has 0 bridgehead atoms. The molecule has 1 saturated heterocycles. The lowest BCUT2D eigenvalue weighted by molar-refractivity contribution is 0.110. The maximum atomic E-state index is 12.3. The van der Waals surface area contributed by atoms with Crippen molar-refractivity contribution in [3.05, 3.63) is 47.1 Å². The first-order chi connectivity index (χ1) is 11.6. The van der Waals surface area contributed by atoms with E-state index >= 15 is 0 Å². The highest BCUT2D eigenvalue weighted by Crippen LogP contribution is 2.18. The Morgan fingerprint density at radius 1 is 1.17 bits per heavy atom. The highest BCUT2D eigenvalue weighted by Gasteiger charge is 2.24.